The molecule has 1 aliphatic rings. The Balaban J connectivity index is 2.32. The Hall–Kier alpha value is -0.980. The molecule has 0 aliphatic carbocycles. The number of halogens is 1. The average Bonchev–Trinajstić information content (AvgIpc) is 2.40. The standard InChI is InChI=1S/C14H25FN2O3/c1-10(2)13(15)14(19)16-11-4-6-17(7-5-11)8-12(18)9-20-3/h11-12,18H,4-9H2,1-3H3,(H,16,19). The molecule has 1 atom stereocenters. The molecule has 0 aromatic heterocycles. The van der Waals surface area contributed by atoms with Crippen LogP contribution in [0, 0.1) is 0 Å². The van der Waals surface area contributed by atoms with Crippen molar-refractivity contribution in [3.63, 3.8) is 0 Å². The van der Waals surface area contributed by atoms with Crippen LogP contribution in [0.15, 0.2) is 11.4 Å². The van der Waals surface area contributed by atoms with Crippen molar-refractivity contribution in [2.24, 2.45) is 0 Å². The van der Waals surface area contributed by atoms with E-state index in [1.807, 2.05) is 0 Å². The highest BCUT2D eigenvalue weighted by Crippen LogP contribution is 2.12. The molecule has 6 heteroatoms. The molecule has 1 unspecified atom stereocenters. The van der Waals surface area contributed by atoms with E-state index >= 15 is 0 Å². The molecule has 0 bridgehead atoms. The van der Waals surface area contributed by atoms with E-state index in [1.54, 1.807) is 21.0 Å². The number of ether oxygens (including phenoxy) is 1. The van der Waals surface area contributed by atoms with Gasteiger partial charge in [0, 0.05) is 32.8 Å². The van der Waals surface area contributed by atoms with Gasteiger partial charge in [0.25, 0.3) is 5.91 Å². The van der Waals surface area contributed by atoms with Gasteiger partial charge in [-0.1, -0.05) is 0 Å². The highest BCUT2D eigenvalue weighted by atomic mass is 19.1. The molecule has 0 radical (unpaired) electrons. The Morgan fingerprint density at radius 3 is 2.55 bits per heavy atom. The third kappa shape index (κ3) is 5.56. The second kappa shape index (κ2) is 8.34. The van der Waals surface area contributed by atoms with Gasteiger partial charge < -0.3 is 20.1 Å². The van der Waals surface area contributed by atoms with E-state index in [-0.39, 0.29) is 6.04 Å². The van der Waals surface area contributed by atoms with Gasteiger partial charge in [-0.2, -0.15) is 0 Å². The van der Waals surface area contributed by atoms with Crippen molar-refractivity contribution in [2.45, 2.75) is 38.8 Å². The lowest BCUT2D eigenvalue weighted by atomic mass is 10.0. The third-order valence-corrected chi connectivity index (χ3v) is 3.39. The molecule has 2 N–H and O–H groups in total. The summed E-state index contributed by atoms with van der Waals surface area (Å²) in [5, 5.41) is 12.4. The molecule has 1 rings (SSSR count). The van der Waals surface area contributed by atoms with Crippen molar-refractivity contribution in [2.75, 3.05) is 33.4 Å². The molecule has 1 fully saturated rings. The van der Waals surface area contributed by atoms with Crippen molar-refractivity contribution < 1.29 is 19.0 Å². The smallest absolute Gasteiger partial charge is 0.280 e. The van der Waals surface area contributed by atoms with E-state index in [2.05, 4.69) is 10.2 Å². The minimum atomic E-state index is -0.692. The summed E-state index contributed by atoms with van der Waals surface area (Å²) in [6, 6.07) is 0.00316. The number of methoxy groups -OCH3 is 1. The number of carbonyl (C=O) groups excluding carboxylic acids is 1. The first-order valence-electron chi connectivity index (χ1n) is 6.97. The molecule has 0 spiro atoms. The predicted molar refractivity (Wildman–Crippen MR) is 75.0 cm³/mol. The number of nitrogens with zero attached hydrogens (tertiary/aromatic N) is 1. The van der Waals surface area contributed by atoms with Gasteiger partial charge in [-0.25, -0.2) is 4.39 Å². The zero-order valence-corrected chi connectivity index (χ0v) is 12.5. The summed E-state index contributed by atoms with van der Waals surface area (Å²) in [7, 11) is 1.56. The maximum atomic E-state index is 13.4. The molecule has 116 valence electrons. The minimum absolute atomic E-state index is 0.00316. The van der Waals surface area contributed by atoms with Gasteiger partial charge in [0.15, 0.2) is 5.83 Å². The molecular formula is C14H25FN2O3. The van der Waals surface area contributed by atoms with E-state index < -0.39 is 17.8 Å². The number of hydrogen-bond acceptors (Lipinski definition) is 4. The van der Waals surface area contributed by atoms with Crippen LogP contribution in [0.1, 0.15) is 26.7 Å². The number of β-amino-alcohol motifs (C(OH)–C–C–N with tert-alkyl or cyclic N) is 1. The molecule has 1 heterocycles. The molecule has 0 aromatic rings. The van der Waals surface area contributed by atoms with E-state index in [1.165, 1.54) is 0 Å². The number of piperidine rings is 1. The van der Waals surface area contributed by atoms with Crippen LogP contribution >= 0.6 is 0 Å². The van der Waals surface area contributed by atoms with Crippen molar-refractivity contribution in [3.8, 4) is 0 Å². The Morgan fingerprint density at radius 2 is 2.05 bits per heavy atom. The van der Waals surface area contributed by atoms with Gasteiger partial charge in [-0.15, -0.1) is 0 Å². The third-order valence-electron chi connectivity index (χ3n) is 3.39. The Bertz CT molecular complexity index is 348. The Morgan fingerprint density at radius 1 is 1.45 bits per heavy atom. The number of aliphatic hydroxyl groups is 1. The predicted octanol–water partition coefficient (Wildman–Crippen LogP) is 0.838. The largest absolute Gasteiger partial charge is 0.389 e. The van der Waals surface area contributed by atoms with Crippen LogP contribution in [0.4, 0.5) is 4.39 Å². The molecule has 1 aliphatic heterocycles. The number of likely N-dealkylation sites (tertiary alicyclic amines) is 1. The summed E-state index contributed by atoms with van der Waals surface area (Å²) < 4.78 is 18.3. The first kappa shape index (κ1) is 17.1. The normalized spacial score (nSPS) is 18.6. The molecule has 5 nitrogen and oxygen atoms in total. The highest BCUT2D eigenvalue weighted by molar-refractivity contribution is 5.91. The van der Waals surface area contributed by atoms with Gasteiger partial charge in [0.2, 0.25) is 0 Å². The lowest BCUT2D eigenvalue weighted by molar-refractivity contribution is -0.120. The summed E-state index contributed by atoms with van der Waals surface area (Å²) in [6.45, 7) is 5.60. The first-order chi connectivity index (χ1) is 9.43. The monoisotopic (exact) mass is 288 g/mol. The molecule has 20 heavy (non-hydrogen) atoms. The van der Waals surface area contributed by atoms with Gasteiger partial charge in [-0.05, 0) is 32.3 Å². The maximum Gasteiger partial charge on any atom is 0.280 e. The van der Waals surface area contributed by atoms with Gasteiger partial charge in [0.05, 0.1) is 12.7 Å². The average molecular weight is 288 g/mol. The van der Waals surface area contributed by atoms with E-state index in [0.29, 0.717) is 18.7 Å². The number of allylic oxidation sites excluding steroid dienone is 1. The highest BCUT2D eigenvalue weighted by Gasteiger charge is 2.23. The molecule has 1 amide bonds. The van der Waals surface area contributed by atoms with Crippen molar-refractivity contribution >= 4 is 5.91 Å². The number of carbonyl (C=O) groups is 1. The molecule has 0 aromatic carbocycles. The summed E-state index contributed by atoms with van der Waals surface area (Å²) in [6.07, 6.45) is 1.04. The van der Waals surface area contributed by atoms with Gasteiger partial charge >= 0.3 is 0 Å². The van der Waals surface area contributed by atoms with Crippen LogP contribution in [0.3, 0.4) is 0 Å². The number of hydrogen-bond donors (Lipinski definition) is 2. The lowest BCUT2D eigenvalue weighted by Crippen LogP contribution is -2.47. The SMILES string of the molecule is COCC(O)CN1CCC(NC(=O)C(F)=C(C)C)CC1. The van der Waals surface area contributed by atoms with Crippen LogP contribution in [-0.4, -0.2) is 61.4 Å². The zero-order valence-electron chi connectivity index (χ0n) is 12.5. The topological polar surface area (TPSA) is 61.8 Å². The van der Waals surface area contributed by atoms with E-state index in [0.717, 1.165) is 25.9 Å². The van der Waals surface area contributed by atoms with Crippen LogP contribution in [0.25, 0.3) is 0 Å². The number of aliphatic hydroxyl groups excluding tert-OH is 1. The summed E-state index contributed by atoms with van der Waals surface area (Å²) in [4.78, 5) is 13.7. The summed E-state index contributed by atoms with van der Waals surface area (Å²) in [5.41, 5.74) is 0.391. The van der Waals surface area contributed by atoms with Crippen molar-refractivity contribution in [1.29, 1.82) is 0 Å². The maximum absolute atomic E-state index is 13.4. The fourth-order valence-electron chi connectivity index (χ4n) is 2.28. The zero-order chi connectivity index (χ0) is 15.1. The lowest BCUT2D eigenvalue weighted by Gasteiger charge is -2.33. The molecular weight excluding hydrogens is 263 g/mol. The summed E-state index contributed by atoms with van der Waals surface area (Å²) >= 11 is 0. The van der Waals surface area contributed by atoms with Gasteiger partial charge in [-0.3, -0.25) is 4.79 Å². The molecule has 1 saturated heterocycles. The molecule has 0 saturated carbocycles. The van der Waals surface area contributed by atoms with E-state index in [4.69, 9.17) is 4.74 Å². The first-order valence-corrected chi connectivity index (χ1v) is 6.97. The second-order valence-electron chi connectivity index (χ2n) is 5.47. The second-order valence-corrected chi connectivity index (χ2v) is 5.47. The fraction of sp³-hybridized carbons (Fsp3) is 0.786. The van der Waals surface area contributed by atoms with Crippen LogP contribution < -0.4 is 5.32 Å². The van der Waals surface area contributed by atoms with Crippen LogP contribution in [0.5, 0.6) is 0 Å². The van der Waals surface area contributed by atoms with Crippen LogP contribution in [-0.2, 0) is 9.53 Å². The Labute approximate surface area is 119 Å². The van der Waals surface area contributed by atoms with Crippen molar-refractivity contribution in [3.05, 3.63) is 11.4 Å². The quantitative estimate of drug-likeness (QED) is 0.711. The number of amides is 1. The Kier molecular flexibility index (Phi) is 7.12. The minimum Gasteiger partial charge on any atom is -0.389 e. The number of nitrogens with one attached hydrogen (secondary N) is 1. The fourth-order valence-corrected chi connectivity index (χ4v) is 2.28. The summed E-state index contributed by atoms with van der Waals surface area (Å²) in [5.74, 6) is -1.31. The van der Waals surface area contributed by atoms with Crippen LogP contribution in [0.2, 0.25) is 0 Å². The van der Waals surface area contributed by atoms with Gasteiger partial charge in [0.1, 0.15) is 0 Å². The van der Waals surface area contributed by atoms with E-state index in [9.17, 15) is 14.3 Å². The van der Waals surface area contributed by atoms with Crippen molar-refractivity contribution in [1.82, 2.24) is 10.2 Å². The number of rotatable bonds is 6.